The topological polar surface area (TPSA) is 64.7 Å². The van der Waals surface area contributed by atoms with Crippen LogP contribution < -0.4 is 0 Å². The Balaban J connectivity index is 1.05. The van der Waals surface area contributed by atoms with Gasteiger partial charge in [0.1, 0.15) is 5.52 Å². The number of fused-ring (bicyclic) bond motifs is 5. The van der Waals surface area contributed by atoms with Crippen LogP contribution in [0, 0.1) is 0 Å². The summed E-state index contributed by atoms with van der Waals surface area (Å²) in [5.74, 6) is 0.610. The highest BCUT2D eigenvalue weighted by Gasteiger charge is 2.18. The fraction of sp³-hybridized carbons (Fsp3) is 0. The Hall–Kier alpha value is -7.24. The van der Waals surface area contributed by atoms with Crippen molar-refractivity contribution < 1.29 is 4.42 Å². The van der Waals surface area contributed by atoms with E-state index in [9.17, 15) is 0 Å². The van der Waals surface area contributed by atoms with E-state index in [2.05, 4.69) is 101 Å². The number of rotatable bonds is 6. The molecule has 4 heterocycles. The van der Waals surface area contributed by atoms with Gasteiger partial charge in [0.2, 0.25) is 5.89 Å². The fourth-order valence-corrected chi connectivity index (χ4v) is 7.21. The van der Waals surface area contributed by atoms with E-state index < -0.39 is 0 Å². The monoisotopic (exact) mass is 678 g/mol. The van der Waals surface area contributed by atoms with Crippen molar-refractivity contribution in [2.24, 2.45) is 0 Å². The molecule has 10 aromatic rings. The highest BCUT2D eigenvalue weighted by molar-refractivity contribution is 6.20. The lowest BCUT2D eigenvalue weighted by Crippen LogP contribution is -1.91. The Morgan fingerprint density at radius 2 is 0.981 bits per heavy atom. The molecule has 0 saturated heterocycles. The zero-order chi connectivity index (χ0) is 35.1. The molecule has 0 bridgehead atoms. The molecule has 6 aromatic carbocycles. The Morgan fingerprint density at radius 1 is 0.377 bits per heavy atom. The largest absolute Gasteiger partial charge is 0.436 e. The van der Waals surface area contributed by atoms with E-state index in [1.165, 1.54) is 0 Å². The van der Waals surface area contributed by atoms with Gasteiger partial charge < -0.3 is 4.42 Å². The van der Waals surface area contributed by atoms with Crippen molar-refractivity contribution in [2.75, 3.05) is 0 Å². The molecule has 0 fully saturated rings. The Bertz CT molecular complexity index is 2860. The molecule has 5 nitrogen and oxygen atoms in total. The molecule has 0 aliphatic rings. The number of hydrogen-bond donors (Lipinski definition) is 0. The Kier molecular flexibility index (Phi) is 7.40. The first kappa shape index (κ1) is 30.6. The summed E-state index contributed by atoms with van der Waals surface area (Å²) in [4.78, 5) is 19.5. The van der Waals surface area contributed by atoms with E-state index in [-0.39, 0.29) is 0 Å². The first-order chi connectivity index (χ1) is 26.2. The van der Waals surface area contributed by atoms with Crippen molar-refractivity contribution in [1.29, 1.82) is 0 Å². The number of pyridine rings is 3. The molecular weight excluding hydrogens is 649 g/mol. The molecule has 53 heavy (non-hydrogen) atoms. The molecule has 0 N–H and O–H groups in total. The van der Waals surface area contributed by atoms with Crippen LogP contribution in [0.4, 0.5) is 0 Å². The summed E-state index contributed by atoms with van der Waals surface area (Å²) in [5.41, 5.74) is 13.8. The van der Waals surface area contributed by atoms with Crippen LogP contribution in [0.25, 0.3) is 100 Å². The van der Waals surface area contributed by atoms with E-state index in [4.69, 9.17) is 14.4 Å². The average molecular weight is 679 g/mol. The third kappa shape index (κ3) is 5.61. The first-order valence-electron chi connectivity index (χ1n) is 17.6. The van der Waals surface area contributed by atoms with Gasteiger partial charge in [-0.1, -0.05) is 91.0 Å². The van der Waals surface area contributed by atoms with Crippen LogP contribution in [0.3, 0.4) is 0 Å². The van der Waals surface area contributed by atoms with Crippen LogP contribution in [0.15, 0.2) is 187 Å². The molecule has 0 amide bonds. The predicted molar refractivity (Wildman–Crippen MR) is 215 cm³/mol. The summed E-state index contributed by atoms with van der Waals surface area (Å²) < 4.78 is 6.28. The van der Waals surface area contributed by atoms with Gasteiger partial charge in [-0.2, -0.15) is 0 Å². The normalized spacial score (nSPS) is 11.4. The lowest BCUT2D eigenvalue weighted by molar-refractivity contribution is 0.620. The molecule has 0 atom stereocenters. The van der Waals surface area contributed by atoms with Gasteiger partial charge in [-0.15, -0.1) is 0 Å². The second kappa shape index (κ2) is 12.8. The van der Waals surface area contributed by atoms with Gasteiger partial charge >= 0.3 is 0 Å². The van der Waals surface area contributed by atoms with E-state index in [0.717, 1.165) is 94.4 Å². The summed E-state index contributed by atoms with van der Waals surface area (Å²) in [5, 5.41) is 3.13. The summed E-state index contributed by atoms with van der Waals surface area (Å²) in [6.45, 7) is 0. The highest BCUT2D eigenvalue weighted by atomic mass is 16.3. The van der Waals surface area contributed by atoms with Gasteiger partial charge in [-0.3, -0.25) is 9.97 Å². The van der Waals surface area contributed by atoms with Gasteiger partial charge in [-0.05, 0) is 101 Å². The summed E-state index contributed by atoms with van der Waals surface area (Å²) in [6.07, 6.45) is 3.67. The van der Waals surface area contributed by atoms with Crippen molar-refractivity contribution >= 4 is 32.8 Å². The number of oxazole rings is 1. The third-order valence-electron chi connectivity index (χ3n) is 9.78. The van der Waals surface area contributed by atoms with E-state index in [0.29, 0.717) is 5.89 Å². The molecule has 248 valence electrons. The summed E-state index contributed by atoms with van der Waals surface area (Å²) in [7, 11) is 0. The van der Waals surface area contributed by atoms with Crippen LogP contribution >= 0.6 is 0 Å². The molecule has 5 heteroatoms. The molecule has 0 saturated carbocycles. The average Bonchev–Trinajstić information content (AvgIpc) is 3.69. The lowest BCUT2D eigenvalue weighted by atomic mass is 9.94. The van der Waals surface area contributed by atoms with E-state index in [1.54, 1.807) is 0 Å². The maximum atomic E-state index is 6.28. The smallest absolute Gasteiger partial charge is 0.227 e. The minimum absolute atomic E-state index is 0.610. The molecule has 0 aliphatic heterocycles. The SMILES string of the molecule is c1ccc(-c2nc3c(ccc4c(-c5ccc(-c6cccc(-c7cc(-c8ccccn8)cc(-c8ccccn8)c7)c6)cc5)nc5ccccc5c43)o2)cc1. The number of benzene rings is 6. The van der Waals surface area contributed by atoms with Crippen molar-refractivity contribution in [3.05, 3.63) is 182 Å². The van der Waals surface area contributed by atoms with Crippen LogP contribution in [-0.4, -0.2) is 19.9 Å². The van der Waals surface area contributed by atoms with Crippen LogP contribution in [0.1, 0.15) is 0 Å². The second-order valence-electron chi connectivity index (χ2n) is 13.1. The molecule has 0 radical (unpaired) electrons. The maximum absolute atomic E-state index is 6.28. The van der Waals surface area contributed by atoms with Gasteiger partial charge in [0.05, 0.1) is 22.6 Å². The van der Waals surface area contributed by atoms with E-state index >= 15 is 0 Å². The fourth-order valence-electron chi connectivity index (χ4n) is 7.21. The van der Waals surface area contributed by atoms with E-state index in [1.807, 2.05) is 91.3 Å². The van der Waals surface area contributed by atoms with Crippen LogP contribution in [0.2, 0.25) is 0 Å². The standard InChI is InChI=1S/C48H30N4O/c1-2-11-33(12-3-1)48-52-47-44(53-48)24-23-40-45(47)39-15-4-5-18-43(39)51-46(40)32-21-19-31(20-22-32)34-13-10-14-35(27-34)36-28-37(41-16-6-8-25-49-41)30-38(29-36)42-17-7-9-26-50-42/h1-30H. The molecule has 10 rings (SSSR count). The first-order valence-corrected chi connectivity index (χ1v) is 17.6. The molecular formula is C48H30N4O. The number of aromatic nitrogens is 4. The van der Waals surface area contributed by atoms with Gasteiger partial charge in [0, 0.05) is 50.8 Å². The van der Waals surface area contributed by atoms with Crippen LogP contribution in [-0.2, 0) is 0 Å². The zero-order valence-corrected chi connectivity index (χ0v) is 28.5. The summed E-state index contributed by atoms with van der Waals surface area (Å²) in [6, 6.07) is 58.4. The van der Waals surface area contributed by atoms with Crippen molar-refractivity contribution in [3.8, 4) is 67.5 Å². The zero-order valence-electron chi connectivity index (χ0n) is 28.5. The molecule has 0 aliphatic carbocycles. The number of nitrogens with zero attached hydrogens (tertiary/aromatic N) is 4. The maximum Gasteiger partial charge on any atom is 0.227 e. The lowest BCUT2D eigenvalue weighted by Gasteiger charge is -2.12. The van der Waals surface area contributed by atoms with Crippen molar-refractivity contribution in [2.45, 2.75) is 0 Å². The van der Waals surface area contributed by atoms with Gasteiger partial charge in [0.25, 0.3) is 0 Å². The van der Waals surface area contributed by atoms with Crippen molar-refractivity contribution in [1.82, 2.24) is 19.9 Å². The minimum atomic E-state index is 0.610. The minimum Gasteiger partial charge on any atom is -0.436 e. The highest BCUT2D eigenvalue weighted by Crippen LogP contribution is 2.39. The molecule has 0 spiro atoms. The molecule has 0 unspecified atom stereocenters. The number of hydrogen-bond acceptors (Lipinski definition) is 5. The molecule has 4 aromatic heterocycles. The third-order valence-corrected chi connectivity index (χ3v) is 9.78. The van der Waals surface area contributed by atoms with Gasteiger partial charge in [0.15, 0.2) is 5.58 Å². The Morgan fingerprint density at radius 3 is 1.70 bits per heavy atom. The van der Waals surface area contributed by atoms with Crippen molar-refractivity contribution in [3.63, 3.8) is 0 Å². The predicted octanol–water partition coefficient (Wildman–Crippen LogP) is 12.3. The summed E-state index contributed by atoms with van der Waals surface area (Å²) >= 11 is 0. The number of para-hydroxylation sites is 1. The van der Waals surface area contributed by atoms with Gasteiger partial charge in [-0.25, -0.2) is 9.97 Å². The quantitative estimate of drug-likeness (QED) is 0.164. The van der Waals surface area contributed by atoms with Crippen LogP contribution in [0.5, 0.6) is 0 Å². The Labute approximate surface area is 305 Å². The second-order valence-corrected chi connectivity index (χ2v) is 13.1.